The van der Waals surface area contributed by atoms with Gasteiger partial charge in [0.2, 0.25) is 0 Å². The Bertz CT molecular complexity index is 502. The van der Waals surface area contributed by atoms with Crippen molar-refractivity contribution in [3.05, 3.63) is 29.6 Å². The first-order valence-corrected chi connectivity index (χ1v) is 6.51. The third-order valence-corrected chi connectivity index (χ3v) is 3.10. The summed E-state index contributed by atoms with van der Waals surface area (Å²) in [7, 11) is 0. The van der Waals surface area contributed by atoms with Gasteiger partial charge in [0.25, 0.3) is 11.7 Å². The van der Waals surface area contributed by atoms with Crippen LogP contribution in [0.3, 0.4) is 0 Å². The van der Waals surface area contributed by atoms with Gasteiger partial charge in [0.05, 0.1) is 11.3 Å². The molecule has 4 nitrogen and oxygen atoms in total. The van der Waals surface area contributed by atoms with Gasteiger partial charge in [0.1, 0.15) is 5.82 Å². The second-order valence-corrected chi connectivity index (χ2v) is 4.55. The maximum absolute atomic E-state index is 13.1. The highest BCUT2D eigenvalue weighted by Gasteiger charge is 2.35. The first-order valence-electron chi connectivity index (χ1n) is 6.51. The number of anilines is 1. The predicted molar refractivity (Wildman–Crippen MR) is 70.9 cm³/mol. The van der Waals surface area contributed by atoms with Gasteiger partial charge in [-0.2, -0.15) is 0 Å². The fraction of sp³-hybridized carbons (Fsp3) is 0.429. The van der Waals surface area contributed by atoms with Gasteiger partial charge in [-0.05, 0) is 44.1 Å². The summed E-state index contributed by atoms with van der Waals surface area (Å²) in [6.45, 7) is 4.29. The zero-order chi connectivity index (χ0) is 13.8. The Morgan fingerprint density at radius 2 is 2.05 bits per heavy atom. The number of fused-ring (bicyclic) bond motifs is 1. The lowest BCUT2D eigenvalue weighted by Gasteiger charge is -2.16. The normalized spacial score (nSPS) is 14.1. The van der Waals surface area contributed by atoms with E-state index in [4.69, 9.17) is 0 Å². The SMILES string of the molecule is CCCNCCCN1C(=O)C(=O)c2cc(F)ccc21. The second kappa shape index (κ2) is 5.93. The van der Waals surface area contributed by atoms with Crippen molar-refractivity contribution >= 4 is 17.4 Å². The van der Waals surface area contributed by atoms with Crippen LogP contribution >= 0.6 is 0 Å². The van der Waals surface area contributed by atoms with E-state index >= 15 is 0 Å². The van der Waals surface area contributed by atoms with Gasteiger partial charge >= 0.3 is 0 Å². The van der Waals surface area contributed by atoms with Crippen molar-refractivity contribution in [1.29, 1.82) is 0 Å². The molecule has 0 unspecified atom stereocenters. The van der Waals surface area contributed by atoms with Gasteiger partial charge in [-0.25, -0.2) is 4.39 Å². The van der Waals surface area contributed by atoms with E-state index in [-0.39, 0.29) is 5.56 Å². The molecule has 1 aromatic carbocycles. The van der Waals surface area contributed by atoms with E-state index in [0.717, 1.165) is 32.0 Å². The van der Waals surface area contributed by atoms with Crippen LogP contribution < -0.4 is 10.2 Å². The quantitative estimate of drug-likeness (QED) is 0.629. The molecule has 1 amide bonds. The molecule has 0 saturated carbocycles. The molecule has 1 aliphatic rings. The van der Waals surface area contributed by atoms with Crippen LogP contribution in [0.1, 0.15) is 30.1 Å². The van der Waals surface area contributed by atoms with Gasteiger partial charge in [-0.1, -0.05) is 6.92 Å². The molecule has 0 fully saturated rings. The van der Waals surface area contributed by atoms with Gasteiger partial charge in [0, 0.05) is 6.54 Å². The number of carbonyl (C=O) groups is 2. The Hall–Kier alpha value is -1.75. The molecule has 19 heavy (non-hydrogen) atoms. The second-order valence-electron chi connectivity index (χ2n) is 4.55. The number of rotatable bonds is 6. The van der Waals surface area contributed by atoms with Crippen LogP contribution in [0, 0.1) is 5.82 Å². The molecule has 0 spiro atoms. The topological polar surface area (TPSA) is 49.4 Å². The van der Waals surface area contributed by atoms with Crippen molar-refractivity contribution in [3.8, 4) is 0 Å². The van der Waals surface area contributed by atoms with Crippen molar-refractivity contribution in [2.24, 2.45) is 0 Å². The third kappa shape index (κ3) is 2.81. The van der Waals surface area contributed by atoms with E-state index in [9.17, 15) is 14.0 Å². The molecule has 0 atom stereocenters. The zero-order valence-corrected chi connectivity index (χ0v) is 10.9. The molecule has 2 rings (SSSR count). The first kappa shape index (κ1) is 13.7. The molecule has 5 heteroatoms. The van der Waals surface area contributed by atoms with Gasteiger partial charge < -0.3 is 10.2 Å². The van der Waals surface area contributed by atoms with Crippen LogP contribution in [0.4, 0.5) is 10.1 Å². The van der Waals surface area contributed by atoms with E-state index in [1.165, 1.54) is 17.0 Å². The molecule has 1 N–H and O–H groups in total. The highest BCUT2D eigenvalue weighted by atomic mass is 19.1. The van der Waals surface area contributed by atoms with Gasteiger partial charge in [-0.15, -0.1) is 0 Å². The number of hydrogen-bond acceptors (Lipinski definition) is 3. The predicted octanol–water partition coefficient (Wildman–Crippen LogP) is 1.74. The Morgan fingerprint density at radius 1 is 1.26 bits per heavy atom. The number of nitrogens with one attached hydrogen (secondary N) is 1. The average Bonchev–Trinajstić information content (AvgIpc) is 2.63. The molecule has 0 saturated heterocycles. The van der Waals surface area contributed by atoms with Crippen molar-refractivity contribution in [2.45, 2.75) is 19.8 Å². The lowest BCUT2D eigenvalue weighted by Crippen LogP contribution is -2.32. The summed E-state index contributed by atoms with van der Waals surface area (Å²) in [6, 6.07) is 3.89. The number of nitrogens with zero attached hydrogens (tertiary/aromatic N) is 1. The molecule has 0 aliphatic carbocycles. The van der Waals surface area contributed by atoms with Crippen molar-refractivity contribution < 1.29 is 14.0 Å². The Kier molecular flexibility index (Phi) is 4.27. The average molecular weight is 264 g/mol. The fourth-order valence-corrected chi connectivity index (χ4v) is 2.16. The number of carbonyl (C=O) groups excluding carboxylic acids is 2. The molecular weight excluding hydrogens is 247 g/mol. The third-order valence-electron chi connectivity index (χ3n) is 3.10. The lowest BCUT2D eigenvalue weighted by molar-refractivity contribution is -0.114. The highest BCUT2D eigenvalue weighted by molar-refractivity contribution is 6.52. The number of hydrogen-bond donors (Lipinski definition) is 1. The lowest BCUT2D eigenvalue weighted by atomic mass is 10.1. The van der Waals surface area contributed by atoms with Crippen LogP contribution in [0.5, 0.6) is 0 Å². The van der Waals surface area contributed by atoms with Crippen LogP contribution in [-0.2, 0) is 4.79 Å². The fourth-order valence-electron chi connectivity index (χ4n) is 2.16. The van der Waals surface area contributed by atoms with Crippen molar-refractivity contribution in [3.63, 3.8) is 0 Å². The van der Waals surface area contributed by atoms with Crippen LogP contribution in [0.15, 0.2) is 18.2 Å². The first-order chi connectivity index (χ1) is 9.15. The minimum atomic E-state index is -0.615. The van der Waals surface area contributed by atoms with Crippen LogP contribution in [-0.4, -0.2) is 31.3 Å². The molecule has 102 valence electrons. The van der Waals surface area contributed by atoms with Gasteiger partial charge in [0.15, 0.2) is 0 Å². The number of ketones is 1. The van der Waals surface area contributed by atoms with Crippen LogP contribution in [0.2, 0.25) is 0 Å². The summed E-state index contributed by atoms with van der Waals surface area (Å²) in [6.07, 6.45) is 1.82. The summed E-state index contributed by atoms with van der Waals surface area (Å²) in [4.78, 5) is 25.0. The number of benzene rings is 1. The maximum atomic E-state index is 13.1. The van der Waals surface area contributed by atoms with Gasteiger partial charge in [-0.3, -0.25) is 9.59 Å². The molecule has 1 heterocycles. The standard InChI is InChI=1S/C14H17FN2O2/c1-2-6-16-7-3-8-17-12-5-4-10(15)9-11(12)13(18)14(17)19/h4-5,9,16H,2-3,6-8H2,1H3. The maximum Gasteiger partial charge on any atom is 0.299 e. The highest BCUT2D eigenvalue weighted by Crippen LogP contribution is 2.29. The Labute approximate surface area is 111 Å². The number of Topliss-reactive ketones (excluding diaryl/α,β-unsaturated/α-hetero) is 1. The summed E-state index contributed by atoms with van der Waals surface area (Å²) in [5.41, 5.74) is 0.693. The van der Waals surface area contributed by atoms with E-state index in [1.54, 1.807) is 0 Å². The molecule has 1 aromatic rings. The summed E-state index contributed by atoms with van der Waals surface area (Å²) in [5, 5.41) is 3.24. The van der Waals surface area contributed by atoms with E-state index in [2.05, 4.69) is 12.2 Å². The molecule has 0 aromatic heterocycles. The minimum Gasteiger partial charge on any atom is -0.317 e. The monoisotopic (exact) mass is 264 g/mol. The summed E-state index contributed by atoms with van der Waals surface area (Å²) in [5.74, 6) is -1.67. The van der Waals surface area contributed by atoms with Crippen molar-refractivity contribution in [2.75, 3.05) is 24.5 Å². The van der Waals surface area contributed by atoms with E-state index < -0.39 is 17.5 Å². The summed E-state index contributed by atoms with van der Waals surface area (Å²) < 4.78 is 13.1. The summed E-state index contributed by atoms with van der Waals surface area (Å²) >= 11 is 0. The molecule has 0 bridgehead atoms. The van der Waals surface area contributed by atoms with E-state index in [0.29, 0.717) is 12.2 Å². The zero-order valence-electron chi connectivity index (χ0n) is 10.9. The molecule has 0 radical (unpaired) electrons. The van der Waals surface area contributed by atoms with Crippen LogP contribution in [0.25, 0.3) is 0 Å². The Balaban J connectivity index is 2.02. The largest absolute Gasteiger partial charge is 0.317 e. The minimum absolute atomic E-state index is 0.173. The molecule has 1 aliphatic heterocycles. The number of halogens is 1. The molecular formula is C14H17FN2O2. The Morgan fingerprint density at radius 3 is 2.79 bits per heavy atom. The van der Waals surface area contributed by atoms with Crippen molar-refractivity contribution in [1.82, 2.24) is 5.32 Å². The number of amides is 1. The smallest absolute Gasteiger partial charge is 0.299 e. The van der Waals surface area contributed by atoms with E-state index in [1.807, 2.05) is 0 Å².